The molecule has 1 amide bonds. The van der Waals surface area contributed by atoms with Gasteiger partial charge in [-0.3, -0.25) is 4.79 Å². The van der Waals surface area contributed by atoms with Crippen molar-refractivity contribution in [1.29, 1.82) is 0 Å². The summed E-state index contributed by atoms with van der Waals surface area (Å²) in [5.74, 6) is -2.47. The van der Waals surface area contributed by atoms with E-state index in [0.29, 0.717) is 22.5 Å². The molecule has 0 fully saturated rings. The summed E-state index contributed by atoms with van der Waals surface area (Å²) >= 11 is 0. The van der Waals surface area contributed by atoms with Gasteiger partial charge in [0.2, 0.25) is 5.91 Å². The maximum absolute atomic E-state index is 13.5. The number of hydrogen-bond donors (Lipinski definition) is 3. The first-order valence-electron chi connectivity index (χ1n) is 11.0. The zero-order valence-electron chi connectivity index (χ0n) is 19.1. The van der Waals surface area contributed by atoms with Crippen molar-refractivity contribution in [2.75, 3.05) is 20.3 Å². The number of amides is 1. The number of carbonyl (C=O) groups excluding carboxylic acids is 2. The third-order valence-corrected chi connectivity index (χ3v) is 5.77. The SMILES string of the molecule is COCCOC(=O)C1=C(C)NC(C)=C(C(=O)NC2C=CC=C(C(=O)O)C2)C1C1=CCCC=C1. The molecule has 0 bridgehead atoms. The summed E-state index contributed by atoms with van der Waals surface area (Å²) in [6.07, 6.45) is 12.8. The summed E-state index contributed by atoms with van der Waals surface area (Å²) in [4.78, 5) is 37.9. The minimum Gasteiger partial charge on any atom is -0.478 e. The number of carbonyl (C=O) groups is 3. The number of hydrogen-bond acceptors (Lipinski definition) is 6. The Kier molecular flexibility index (Phi) is 8.06. The fraction of sp³-hybridized carbons (Fsp3) is 0.400. The molecular weight excluding hydrogens is 424 g/mol. The van der Waals surface area contributed by atoms with Gasteiger partial charge in [-0.1, -0.05) is 36.5 Å². The second-order valence-corrected chi connectivity index (χ2v) is 8.11. The van der Waals surface area contributed by atoms with Crippen LogP contribution < -0.4 is 10.6 Å². The molecule has 8 nitrogen and oxygen atoms in total. The molecule has 1 aliphatic heterocycles. The molecule has 2 aliphatic carbocycles. The lowest BCUT2D eigenvalue weighted by molar-refractivity contribution is -0.140. The van der Waals surface area contributed by atoms with E-state index in [-0.39, 0.29) is 31.1 Å². The highest BCUT2D eigenvalue weighted by Crippen LogP contribution is 2.38. The van der Waals surface area contributed by atoms with E-state index in [1.165, 1.54) is 13.2 Å². The van der Waals surface area contributed by atoms with Crippen molar-refractivity contribution >= 4 is 17.8 Å². The van der Waals surface area contributed by atoms with Crippen molar-refractivity contribution in [1.82, 2.24) is 10.6 Å². The molecule has 3 N–H and O–H groups in total. The number of esters is 1. The van der Waals surface area contributed by atoms with Gasteiger partial charge in [0.05, 0.1) is 18.2 Å². The van der Waals surface area contributed by atoms with E-state index in [9.17, 15) is 19.5 Å². The highest BCUT2D eigenvalue weighted by Gasteiger charge is 2.38. The number of carboxylic acids is 1. The van der Waals surface area contributed by atoms with Crippen LogP contribution in [0.5, 0.6) is 0 Å². The molecule has 0 aromatic rings. The summed E-state index contributed by atoms with van der Waals surface area (Å²) in [7, 11) is 1.53. The van der Waals surface area contributed by atoms with Crippen LogP contribution in [0.4, 0.5) is 0 Å². The van der Waals surface area contributed by atoms with Gasteiger partial charge < -0.3 is 25.2 Å². The van der Waals surface area contributed by atoms with Crippen LogP contribution in [0, 0.1) is 5.92 Å². The Morgan fingerprint density at radius 3 is 2.58 bits per heavy atom. The van der Waals surface area contributed by atoms with Crippen LogP contribution in [0.2, 0.25) is 0 Å². The number of nitrogens with one attached hydrogen (secondary N) is 2. The molecule has 8 heteroatoms. The number of aliphatic carboxylic acids is 1. The first-order chi connectivity index (χ1) is 15.8. The summed E-state index contributed by atoms with van der Waals surface area (Å²) in [6, 6.07) is -0.463. The molecular formula is C25H30N2O6. The molecule has 3 aliphatic rings. The predicted octanol–water partition coefficient (Wildman–Crippen LogP) is 2.68. The quantitative estimate of drug-likeness (QED) is 0.382. The molecule has 2 unspecified atom stereocenters. The Labute approximate surface area is 193 Å². The van der Waals surface area contributed by atoms with Gasteiger partial charge in [-0.2, -0.15) is 0 Å². The Bertz CT molecular complexity index is 1010. The maximum Gasteiger partial charge on any atom is 0.336 e. The van der Waals surface area contributed by atoms with E-state index >= 15 is 0 Å². The molecule has 3 rings (SSSR count). The highest BCUT2D eigenvalue weighted by molar-refractivity contribution is 6.01. The van der Waals surface area contributed by atoms with Crippen LogP contribution in [0.25, 0.3) is 0 Å². The first-order valence-corrected chi connectivity index (χ1v) is 11.0. The summed E-state index contributed by atoms with van der Waals surface area (Å²) in [6.45, 7) is 3.97. The lowest BCUT2D eigenvalue weighted by Gasteiger charge is -2.33. The van der Waals surface area contributed by atoms with Gasteiger partial charge in [-0.05, 0) is 32.3 Å². The van der Waals surface area contributed by atoms with Gasteiger partial charge in [0.15, 0.2) is 0 Å². The van der Waals surface area contributed by atoms with E-state index in [2.05, 4.69) is 10.6 Å². The van der Waals surface area contributed by atoms with Crippen LogP contribution in [-0.4, -0.2) is 49.3 Å². The van der Waals surface area contributed by atoms with Gasteiger partial charge in [0.25, 0.3) is 0 Å². The summed E-state index contributed by atoms with van der Waals surface area (Å²) < 4.78 is 10.4. The number of dihydropyridines is 1. The highest BCUT2D eigenvalue weighted by atomic mass is 16.6. The molecule has 1 heterocycles. The largest absolute Gasteiger partial charge is 0.478 e. The van der Waals surface area contributed by atoms with Crippen molar-refractivity contribution in [3.05, 3.63) is 70.1 Å². The summed E-state index contributed by atoms with van der Waals surface area (Å²) in [5.41, 5.74) is 3.14. The van der Waals surface area contributed by atoms with Crippen molar-refractivity contribution in [3.8, 4) is 0 Å². The second-order valence-electron chi connectivity index (χ2n) is 8.11. The predicted molar refractivity (Wildman–Crippen MR) is 123 cm³/mol. The molecule has 33 heavy (non-hydrogen) atoms. The van der Waals surface area contributed by atoms with E-state index < -0.39 is 23.9 Å². The van der Waals surface area contributed by atoms with Gasteiger partial charge >= 0.3 is 11.9 Å². The third-order valence-electron chi connectivity index (χ3n) is 5.77. The molecule has 0 saturated carbocycles. The van der Waals surface area contributed by atoms with Crippen molar-refractivity contribution < 1.29 is 29.0 Å². The second kappa shape index (κ2) is 11.0. The van der Waals surface area contributed by atoms with Crippen LogP contribution in [0.1, 0.15) is 33.1 Å². The van der Waals surface area contributed by atoms with Crippen LogP contribution in [-0.2, 0) is 23.9 Å². The molecule has 176 valence electrons. The minimum absolute atomic E-state index is 0.106. The van der Waals surface area contributed by atoms with Gasteiger partial charge in [0, 0.05) is 42.0 Å². The summed E-state index contributed by atoms with van der Waals surface area (Å²) in [5, 5.41) is 15.4. The monoisotopic (exact) mass is 454 g/mol. The van der Waals surface area contributed by atoms with Crippen LogP contribution >= 0.6 is 0 Å². The van der Waals surface area contributed by atoms with Crippen LogP contribution in [0.15, 0.2) is 70.1 Å². The molecule has 0 aromatic carbocycles. The van der Waals surface area contributed by atoms with Crippen molar-refractivity contribution in [2.45, 2.75) is 39.2 Å². The lowest BCUT2D eigenvalue weighted by Crippen LogP contribution is -2.42. The Morgan fingerprint density at radius 1 is 1.15 bits per heavy atom. The lowest BCUT2D eigenvalue weighted by atomic mass is 9.78. The molecule has 0 saturated heterocycles. The normalized spacial score (nSPS) is 22.4. The van der Waals surface area contributed by atoms with Crippen LogP contribution in [0.3, 0.4) is 0 Å². The average molecular weight is 455 g/mol. The van der Waals surface area contributed by atoms with E-state index in [4.69, 9.17) is 9.47 Å². The van der Waals surface area contributed by atoms with E-state index in [1.807, 2.05) is 18.2 Å². The molecule has 2 atom stereocenters. The number of allylic oxidation sites excluding steroid dienone is 8. The first kappa shape index (κ1) is 24.3. The van der Waals surface area contributed by atoms with Gasteiger partial charge in [0.1, 0.15) is 6.61 Å². The van der Waals surface area contributed by atoms with E-state index in [0.717, 1.165) is 18.4 Å². The fourth-order valence-electron chi connectivity index (χ4n) is 4.22. The van der Waals surface area contributed by atoms with Crippen molar-refractivity contribution in [2.24, 2.45) is 5.92 Å². The molecule has 0 aromatic heterocycles. The fourth-order valence-corrected chi connectivity index (χ4v) is 4.22. The number of carboxylic acid groups (broad SMARTS) is 1. The zero-order chi connectivity index (χ0) is 24.0. The number of ether oxygens (including phenoxy) is 2. The Balaban J connectivity index is 1.91. The standard InChI is InChI=1S/C25H30N2O6/c1-15-20(23(28)27-19-11-7-10-18(14-19)24(29)30)22(17-8-5-4-6-9-17)21(16(2)26-15)25(31)33-13-12-32-3/h5,7-11,19,22,26H,4,6,12-14H2,1-3H3,(H,27,28)(H,29,30). The van der Waals surface area contributed by atoms with E-state index in [1.54, 1.807) is 26.0 Å². The molecule has 0 radical (unpaired) electrons. The van der Waals surface area contributed by atoms with Gasteiger partial charge in [-0.25, -0.2) is 9.59 Å². The average Bonchev–Trinajstić information content (AvgIpc) is 2.79. The van der Waals surface area contributed by atoms with Crippen molar-refractivity contribution in [3.63, 3.8) is 0 Å². The zero-order valence-corrected chi connectivity index (χ0v) is 19.1. The number of methoxy groups -OCH3 is 1. The maximum atomic E-state index is 13.5. The molecule has 0 spiro atoms. The Morgan fingerprint density at radius 2 is 1.91 bits per heavy atom. The van der Waals surface area contributed by atoms with Gasteiger partial charge in [-0.15, -0.1) is 0 Å². The Hall–Kier alpha value is -3.39. The number of rotatable bonds is 8. The topological polar surface area (TPSA) is 114 Å². The third kappa shape index (κ3) is 5.70. The smallest absolute Gasteiger partial charge is 0.336 e. The minimum atomic E-state index is -1.01.